The molecule has 0 saturated heterocycles. The van der Waals surface area contributed by atoms with Gasteiger partial charge in [0.15, 0.2) is 6.61 Å². The lowest BCUT2D eigenvalue weighted by molar-refractivity contribution is -0.123. The number of amides is 1. The third kappa shape index (κ3) is 6.23. The van der Waals surface area contributed by atoms with Crippen molar-refractivity contribution >= 4 is 37.8 Å². The van der Waals surface area contributed by atoms with Gasteiger partial charge in [0.25, 0.3) is 5.91 Å². The summed E-state index contributed by atoms with van der Waals surface area (Å²) in [5.74, 6) is 1.23. The molecule has 0 bridgehead atoms. The van der Waals surface area contributed by atoms with Gasteiger partial charge in [-0.2, -0.15) is 0 Å². The molecular weight excluding hydrogens is 426 g/mol. The van der Waals surface area contributed by atoms with Gasteiger partial charge < -0.3 is 14.8 Å². The van der Waals surface area contributed by atoms with E-state index < -0.39 is 0 Å². The number of aryl methyl sites for hydroxylation is 1. The van der Waals surface area contributed by atoms with Gasteiger partial charge >= 0.3 is 0 Å². The Morgan fingerprint density at radius 3 is 2.52 bits per heavy atom. The molecule has 0 aromatic heterocycles. The van der Waals surface area contributed by atoms with Crippen molar-refractivity contribution in [2.24, 2.45) is 0 Å². The van der Waals surface area contributed by atoms with Crippen molar-refractivity contribution in [3.8, 4) is 11.5 Å². The molecule has 1 N–H and O–H groups in total. The minimum Gasteiger partial charge on any atom is -0.492 e. The second kappa shape index (κ2) is 8.93. The highest BCUT2D eigenvalue weighted by atomic mass is 79.9. The van der Waals surface area contributed by atoms with Crippen LogP contribution in [0, 0.1) is 6.92 Å². The largest absolute Gasteiger partial charge is 0.492 e. The summed E-state index contributed by atoms with van der Waals surface area (Å²) < 4.78 is 12.7. The van der Waals surface area contributed by atoms with Crippen LogP contribution in [-0.2, 0) is 4.79 Å². The Balaban J connectivity index is 1.66. The zero-order chi connectivity index (χ0) is 16.7. The SMILES string of the molecule is Cc1ccc(OCCNC(=O)COc2ccc(Br)cc2Br)cc1. The molecule has 0 saturated carbocycles. The van der Waals surface area contributed by atoms with Gasteiger partial charge in [0.1, 0.15) is 18.1 Å². The topological polar surface area (TPSA) is 47.6 Å². The molecule has 0 radical (unpaired) electrons. The van der Waals surface area contributed by atoms with Crippen LogP contribution in [0.3, 0.4) is 0 Å². The average Bonchev–Trinajstić information content (AvgIpc) is 2.52. The van der Waals surface area contributed by atoms with Crippen LogP contribution in [-0.4, -0.2) is 25.7 Å². The fraction of sp³-hybridized carbons (Fsp3) is 0.235. The van der Waals surface area contributed by atoms with Crippen molar-refractivity contribution in [1.82, 2.24) is 5.32 Å². The van der Waals surface area contributed by atoms with Crippen LogP contribution in [0.2, 0.25) is 0 Å². The predicted octanol–water partition coefficient (Wildman–Crippen LogP) is 4.09. The van der Waals surface area contributed by atoms with Crippen LogP contribution in [0.1, 0.15) is 5.56 Å². The molecule has 0 aliphatic carbocycles. The standard InChI is InChI=1S/C17H17Br2NO3/c1-12-2-5-14(6-3-12)22-9-8-20-17(21)11-23-16-7-4-13(18)10-15(16)19/h2-7,10H,8-9,11H2,1H3,(H,20,21). The Kier molecular flexibility index (Phi) is 6.92. The highest BCUT2D eigenvalue weighted by Gasteiger charge is 2.06. The third-order valence-electron chi connectivity index (χ3n) is 2.97. The molecule has 2 rings (SSSR count). The highest BCUT2D eigenvalue weighted by molar-refractivity contribution is 9.11. The number of hydrogen-bond acceptors (Lipinski definition) is 3. The van der Waals surface area contributed by atoms with Crippen molar-refractivity contribution < 1.29 is 14.3 Å². The third-order valence-corrected chi connectivity index (χ3v) is 4.08. The molecule has 2 aromatic rings. The maximum Gasteiger partial charge on any atom is 0.258 e. The number of rotatable bonds is 7. The number of halogens is 2. The molecular formula is C17H17Br2NO3. The molecule has 1 amide bonds. The molecule has 122 valence electrons. The number of nitrogens with one attached hydrogen (secondary N) is 1. The van der Waals surface area contributed by atoms with Crippen LogP contribution < -0.4 is 14.8 Å². The average molecular weight is 443 g/mol. The van der Waals surface area contributed by atoms with E-state index in [1.54, 1.807) is 6.07 Å². The molecule has 2 aromatic carbocycles. The van der Waals surface area contributed by atoms with Gasteiger partial charge in [-0.25, -0.2) is 0 Å². The number of ether oxygens (including phenoxy) is 2. The highest BCUT2D eigenvalue weighted by Crippen LogP contribution is 2.28. The van der Waals surface area contributed by atoms with E-state index in [2.05, 4.69) is 37.2 Å². The van der Waals surface area contributed by atoms with Gasteiger partial charge in [-0.15, -0.1) is 0 Å². The minimum absolute atomic E-state index is 0.0369. The first-order valence-electron chi connectivity index (χ1n) is 7.08. The van der Waals surface area contributed by atoms with Crippen LogP contribution in [0.4, 0.5) is 0 Å². The number of hydrogen-bond donors (Lipinski definition) is 1. The number of carbonyl (C=O) groups is 1. The van der Waals surface area contributed by atoms with Gasteiger partial charge in [0, 0.05) is 4.47 Å². The van der Waals surface area contributed by atoms with Crippen LogP contribution in [0.25, 0.3) is 0 Å². The molecule has 4 nitrogen and oxygen atoms in total. The maximum atomic E-state index is 11.7. The lowest BCUT2D eigenvalue weighted by Gasteiger charge is -2.10. The first-order valence-corrected chi connectivity index (χ1v) is 8.67. The van der Waals surface area contributed by atoms with Crippen molar-refractivity contribution in [3.63, 3.8) is 0 Å². The van der Waals surface area contributed by atoms with E-state index in [0.29, 0.717) is 18.9 Å². The molecule has 0 fully saturated rings. The van der Waals surface area contributed by atoms with E-state index in [1.807, 2.05) is 43.3 Å². The summed E-state index contributed by atoms with van der Waals surface area (Å²) in [5.41, 5.74) is 1.18. The summed E-state index contributed by atoms with van der Waals surface area (Å²) in [6.07, 6.45) is 0. The maximum absolute atomic E-state index is 11.7. The monoisotopic (exact) mass is 441 g/mol. The summed E-state index contributed by atoms with van der Waals surface area (Å²) in [7, 11) is 0. The van der Waals surface area contributed by atoms with Crippen molar-refractivity contribution in [2.75, 3.05) is 19.8 Å². The summed E-state index contributed by atoms with van der Waals surface area (Å²) in [6.45, 7) is 2.83. The Hall–Kier alpha value is -1.53. The normalized spacial score (nSPS) is 10.2. The molecule has 0 heterocycles. The van der Waals surface area contributed by atoms with Crippen molar-refractivity contribution in [3.05, 3.63) is 57.0 Å². The quantitative estimate of drug-likeness (QED) is 0.656. The van der Waals surface area contributed by atoms with Gasteiger partial charge in [-0.3, -0.25) is 4.79 Å². The first-order chi connectivity index (χ1) is 11.0. The van der Waals surface area contributed by atoms with Gasteiger partial charge in [0.2, 0.25) is 0 Å². The van der Waals surface area contributed by atoms with E-state index in [0.717, 1.165) is 14.7 Å². The molecule has 0 aliphatic rings. The smallest absolute Gasteiger partial charge is 0.258 e. The minimum atomic E-state index is -0.188. The Labute approximate surface area is 152 Å². The lowest BCUT2D eigenvalue weighted by atomic mass is 10.2. The van der Waals surface area contributed by atoms with Gasteiger partial charge in [-0.1, -0.05) is 33.6 Å². The zero-order valence-corrected chi connectivity index (χ0v) is 15.8. The Morgan fingerprint density at radius 2 is 1.83 bits per heavy atom. The summed E-state index contributed by atoms with van der Waals surface area (Å²) >= 11 is 6.75. The Bertz CT molecular complexity index is 659. The number of benzene rings is 2. The first kappa shape index (κ1) is 17.8. The molecule has 0 spiro atoms. The molecule has 23 heavy (non-hydrogen) atoms. The Morgan fingerprint density at radius 1 is 1.09 bits per heavy atom. The fourth-order valence-corrected chi connectivity index (χ4v) is 2.94. The summed E-state index contributed by atoms with van der Waals surface area (Å²) in [4.78, 5) is 11.7. The van der Waals surface area contributed by atoms with Crippen molar-refractivity contribution in [2.45, 2.75) is 6.92 Å². The van der Waals surface area contributed by atoms with E-state index in [-0.39, 0.29) is 12.5 Å². The van der Waals surface area contributed by atoms with Gasteiger partial charge in [-0.05, 0) is 53.2 Å². The van der Waals surface area contributed by atoms with Crippen LogP contribution in [0.5, 0.6) is 11.5 Å². The van der Waals surface area contributed by atoms with Crippen LogP contribution >= 0.6 is 31.9 Å². The van der Waals surface area contributed by atoms with Crippen molar-refractivity contribution in [1.29, 1.82) is 0 Å². The lowest BCUT2D eigenvalue weighted by Crippen LogP contribution is -2.32. The molecule has 0 aliphatic heterocycles. The van der Waals surface area contributed by atoms with E-state index >= 15 is 0 Å². The van der Waals surface area contributed by atoms with E-state index in [9.17, 15) is 4.79 Å². The predicted molar refractivity (Wildman–Crippen MR) is 97.0 cm³/mol. The molecule has 6 heteroatoms. The molecule has 0 unspecified atom stereocenters. The summed E-state index contributed by atoms with van der Waals surface area (Å²) in [5, 5.41) is 2.75. The van der Waals surface area contributed by atoms with Crippen LogP contribution in [0.15, 0.2) is 51.4 Å². The number of carbonyl (C=O) groups excluding carboxylic acids is 1. The zero-order valence-electron chi connectivity index (χ0n) is 12.6. The van der Waals surface area contributed by atoms with Gasteiger partial charge in [0.05, 0.1) is 11.0 Å². The second-order valence-electron chi connectivity index (χ2n) is 4.87. The summed E-state index contributed by atoms with van der Waals surface area (Å²) in [6, 6.07) is 13.3. The fourth-order valence-electron chi connectivity index (χ4n) is 1.78. The van der Waals surface area contributed by atoms with E-state index in [4.69, 9.17) is 9.47 Å². The molecule has 0 atom stereocenters. The van der Waals surface area contributed by atoms with E-state index in [1.165, 1.54) is 5.56 Å². The second-order valence-corrected chi connectivity index (χ2v) is 6.64.